The van der Waals surface area contributed by atoms with Crippen molar-refractivity contribution in [3.8, 4) is 0 Å². The van der Waals surface area contributed by atoms with Crippen LogP contribution in [0.4, 0.5) is 4.39 Å². The number of halogens is 2. The second-order valence-electron chi connectivity index (χ2n) is 2.87. The second kappa shape index (κ2) is 3.72. The van der Waals surface area contributed by atoms with Gasteiger partial charge in [-0.3, -0.25) is 0 Å². The van der Waals surface area contributed by atoms with E-state index in [1.54, 1.807) is 6.07 Å². The highest BCUT2D eigenvalue weighted by atomic mass is 35.5. The molecule has 0 aliphatic carbocycles. The van der Waals surface area contributed by atoms with E-state index in [1.807, 2.05) is 6.92 Å². The van der Waals surface area contributed by atoms with Gasteiger partial charge in [-0.2, -0.15) is 0 Å². The van der Waals surface area contributed by atoms with Crippen molar-refractivity contribution in [2.24, 2.45) is 0 Å². The minimum absolute atomic E-state index is 0.300. The predicted molar refractivity (Wildman–Crippen MR) is 49.9 cm³/mol. The van der Waals surface area contributed by atoms with Crippen LogP contribution in [0.25, 0.3) is 0 Å². The molecule has 0 saturated heterocycles. The Hall–Kier alpha value is -0.820. The van der Waals surface area contributed by atoms with Gasteiger partial charge in [-0.1, -0.05) is 29.8 Å². The second-order valence-corrected chi connectivity index (χ2v) is 3.28. The van der Waals surface area contributed by atoms with E-state index < -0.39 is 0 Å². The molecule has 0 aromatic heterocycles. The van der Waals surface area contributed by atoms with Crippen molar-refractivity contribution < 1.29 is 4.39 Å². The van der Waals surface area contributed by atoms with Gasteiger partial charge < -0.3 is 0 Å². The van der Waals surface area contributed by atoms with Crippen LogP contribution in [0.5, 0.6) is 0 Å². The molecule has 0 heterocycles. The number of rotatable bonds is 2. The van der Waals surface area contributed by atoms with E-state index in [-0.39, 0.29) is 5.82 Å². The molecule has 0 amide bonds. The molecule has 0 aliphatic rings. The minimum Gasteiger partial charge on any atom is -0.207 e. The molecule has 0 atom stereocenters. The minimum atomic E-state index is -0.300. The Bertz CT molecular complexity index is 305. The van der Waals surface area contributed by atoms with E-state index in [1.165, 1.54) is 12.1 Å². The van der Waals surface area contributed by atoms with Crippen LogP contribution in [0.2, 0.25) is 5.02 Å². The first-order valence-electron chi connectivity index (χ1n) is 3.68. The van der Waals surface area contributed by atoms with Gasteiger partial charge in [0.1, 0.15) is 5.82 Å². The van der Waals surface area contributed by atoms with E-state index in [2.05, 4.69) is 6.58 Å². The van der Waals surface area contributed by atoms with E-state index >= 15 is 0 Å². The zero-order valence-corrected chi connectivity index (χ0v) is 7.66. The predicted octanol–water partition coefficient (Wildman–Crippen LogP) is 3.60. The van der Waals surface area contributed by atoms with E-state index in [4.69, 9.17) is 11.6 Å². The summed E-state index contributed by atoms with van der Waals surface area (Å²) in [6, 6.07) is 4.41. The van der Waals surface area contributed by atoms with Gasteiger partial charge in [-0.15, -0.1) is 0 Å². The Labute approximate surface area is 76.7 Å². The summed E-state index contributed by atoms with van der Waals surface area (Å²) in [6.07, 6.45) is 0.707. The molecule has 0 N–H and O–H groups in total. The third kappa shape index (κ3) is 2.35. The Balaban J connectivity index is 2.93. The topological polar surface area (TPSA) is 0 Å². The highest BCUT2D eigenvalue weighted by molar-refractivity contribution is 6.31. The third-order valence-electron chi connectivity index (χ3n) is 1.51. The summed E-state index contributed by atoms with van der Waals surface area (Å²) in [5.41, 5.74) is 1.94. The first kappa shape index (κ1) is 9.27. The van der Waals surface area contributed by atoms with Crippen LogP contribution in [0.1, 0.15) is 12.5 Å². The van der Waals surface area contributed by atoms with Crippen molar-refractivity contribution >= 4 is 11.6 Å². The first-order valence-corrected chi connectivity index (χ1v) is 4.05. The molecule has 0 fully saturated rings. The molecule has 12 heavy (non-hydrogen) atoms. The maximum atomic E-state index is 12.6. The van der Waals surface area contributed by atoms with Crippen molar-refractivity contribution in [1.29, 1.82) is 0 Å². The maximum absolute atomic E-state index is 12.6. The van der Waals surface area contributed by atoms with E-state index in [0.29, 0.717) is 11.4 Å². The SMILES string of the molecule is C=C(C)Cc1ccc(F)cc1Cl. The largest absolute Gasteiger partial charge is 0.207 e. The lowest BCUT2D eigenvalue weighted by molar-refractivity contribution is 0.627. The summed E-state index contributed by atoms with van der Waals surface area (Å²) in [4.78, 5) is 0. The molecule has 0 unspecified atom stereocenters. The quantitative estimate of drug-likeness (QED) is 0.617. The van der Waals surface area contributed by atoms with Gasteiger partial charge in [-0.25, -0.2) is 4.39 Å². The van der Waals surface area contributed by atoms with Gasteiger partial charge in [0.25, 0.3) is 0 Å². The average Bonchev–Trinajstić information content (AvgIpc) is 1.94. The van der Waals surface area contributed by atoms with Gasteiger partial charge in [0.15, 0.2) is 0 Å². The molecule has 0 nitrogen and oxygen atoms in total. The fourth-order valence-corrected chi connectivity index (χ4v) is 1.22. The highest BCUT2D eigenvalue weighted by Gasteiger charge is 2.01. The molecular weight excluding hydrogens is 175 g/mol. The van der Waals surface area contributed by atoms with Crippen LogP contribution in [-0.2, 0) is 6.42 Å². The summed E-state index contributed by atoms with van der Waals surface area (Å²) in [6.45, 7) is 5.68. The Morgan fingerprint density at radius 3 is 2.75 bits per heavy atom. The Morgan fingerprint density at radius 1 is 1.58 bits per heavy atom. The van der Waals surface area contributed by atoms with Crippen LogP contribution in [-0.4, -0.2) is 0 Å². The van der Waals surface area contributed by atoms with Gasteiger partial charge in [0.05, 0.1) is 0 Å². The molecule has 64 valence electrons. The van der Waals surface area contributed by atoms with E-state index in [0.717, 1.165) is 11.1 Å². The molecule has 1 aromatic rings. The molecule has 1 rings (SSSR count). The van der Waals surface area contributed by atoms with Crippen LogP contribution in [0.3, 0.4) is 0 Å². The maximum Gasteiger partial charge on any atom is 0.124 e. The number of allylic oxidation sites excluding steroid dienone is 1. The van der Waals surface area contributed by atoms with Gasteiger partial charge in [-0.05, 0) is 31.0 Å². The number of benzene rings is 1. The summed E-state index contributed by atoms with van der Waals surface area (Å²) >= 11 is 5.79. The van der Waals surface area contributed by atoms with Gasteiger partial charge >= 0.3 is 0 Å². The lowest BCUT2D eigenvalue weighted by Crippen LogP contribution is -1.87. The average molecular weight is 185 g/mol. The van der Waals surface area contributed by atoms with Crippen molar-refractivity contribution in [2.75, 3.05) is 0 Å². The standard InChI is InChI=1S/C10H10ClF/c1-7(2)5-8-3-4-9(12)6-10(8)11/h3-4,6H,1,5H2,2H3. The molecule has 2 heteroatoms. The Kier molecular flexibility index (Phi) is 2.88. The molecule has 1 aromatic carbocycles. The van der Waals surface area contributed by atoms with Crippen LogP contribution < -0.4 is 0 Å². The van der Waals surface area contributed by atoms with Crippen molar-refractivity contribution in [3.05, 3.63) is 46.8 Å². The molecule has 0 spiro atoms. The third-order valence-corrected chi connectivity index (χ3v) is 1.86. The van der Waals surface area contributed by atoms with Crippen molar-refractivity contribution in [1.82, 2.24) is 0 Å². The number of hydrogen-bond donors (Lipinski definition) is 0. The molecule has 0 radical (unpaired) electrons. The summed E-state index contributed by atoms with van der Waals surface area (Å²) < 4.78 is 12.6. The lowest BCUT2D eigenvalue weighted by Gasteiger charge is -2.02. The smallest absolute Gasteiger partial charge is 0.124 e. The first-order chi connectivity index (χ1) is 5.59. The zero-order chi connectivity index (χ0) is 9.14. The summed E-state index contributed by atoms with van der Waals surface area (Å²) in [5, 5.41) is 0.470. The van der Waals surface area contributed by atoms with Crippen LogP contribution in [0, 0.1) is 5.82 Å². The molecule has 0 bridgehead atoms. The van der Waals surface area contributed by atoms with Crippen molar-refractivity contribution in [3.63, 3.8) is 0 Å². The van der Waals surface area contributed by atoms with Gasteiger partial charge in [0, 0.05) is 5.02 Å². The molecule has 0 aliphatic heterocycles. The Morgan fingerprint density at radius 2 is 2.25 bits per heavy atom. The fraction of sp³-hybridized carbons (Fsp3) is 0.200. The highest BCUT2D eigenvalue weighted by Crippen LogP contribution is 2.19. The zero-order valence-electron chi connectivity index (χ0n) is 6.90. The summed E-state index contributed by atoms with van der Waals surface area (Å²) in [5.74, 6) is -0.300. The van der Waals surface area contributed by atoms with Crippen LogP contribution >= 0.6 is 11.6 Å². The molecule has 0 saturated carbocycles. The molecular formula is C10H10ClF. The van der Waals surface area contributed by atoms with Crippen molar-refractivity contribution in [2.45, 2.75) is 13.3 Å². The lowest BCUT2D eigenvalue weighted by atomic mass is 10.1. The van der Waals surface area contributed by atoms with E-state index in [9.17, 15) is 4.39 Å². The number of hydrogen-bond acceptors (Lipinski definition) is 0. The summed E-state index contributed by atoms with van der Waals surface area (Å²) in [7, 11) is 0. The normalized spacial score (nSPS) is 9.92. The fourth-order valence-electron chi connectivity index (χ4n) is 0.990. The van der Waals surface area contributed by atoms with Gasteiger partial charge in [0.2, 0.25) is 0 Å². The van der Waals surface area contributed by atoms with Crippen LogP contribution in [0.15, 0.2) is 30.4 Å². The monoisotopic (exact) mass is 184 g/mol.